The van der Waals surface area contributed by atoms with Crippen molar-refractivity contribution < 1.29 is 14.3 Å². The van der Waals surface area contributed by atoms with Gasteiger partial charge in [-0.1, -0.05) is 36.4 Å². The van der Waals surface area contributed by atoms with Crippen LogP contribution in [0.25, 0.3) is 5.65 Å². The molecule has 1 aliphatic rings. The second-order valence-electron chi connectivity index (χ2n) is 6.68. The first-order valence-corrected chi connectivity index (χ1v) is 9.23. The summed E-state index contributed by atoms with van der Waals surface area (Å²) < 4.78 is 12.9. The fourth-order valence-electron chi connectivity index (χ4n) is 3.26. The number of fused-ring (bicyclic) bond motifs is 1. The average molecular weight is 379 g/mol. The molecule has 1 aliphatic heterocycles. The molecule has 0 saturated carbocycles. The van der Waals surface area contributed by atoms with Gasteiger partial charge in [0.1, 0.15) is 11.2 Å². The van der Waals surface area contributed by atoms with Gasteiger partial charge in [-0.25, -0.2) is 4.98 Å². The van der Waals surface area contributed by atoms with Gasteiger partial charge in [0.15, 0.2) is 0 Å². The molecule has 144 valence electrons. The van der Waals surface area contributed by atoms with E-state index in [2.05, 4.69) is 10.3 Å². The molecule has 1 amide bonds. The van der Waals surface area contributed by atoms with Gasteiger partial charge in [-0.05, 0) is 24.1 Å². The Balaban J connectivity index is 1.47. The Morgan fingerprint density at radius 3 is 2.89 bits per heavy atom. The third kappa shape index (κ3) is 3.95. The highest BCUT2D eigenvalue weighted by Gasteiger charge is 2.29. The van der Waals surface area contributed by atoms with Gasteiger partial charge in [0.05, 0.1) is 25.4 Å². The largest absolute Gasteiger partial charge is 0.379 e. The first kappa shape index (κ1) is 18.3. The molecule has 0 spiro atoms. The van der Waals surface area contributed by atoms with Crippen molar-refractivity contribution in [2.75, 3.05) is 13.2 Å². The van der Waals surface area contributed by atoms with Crippen LogP contribution >= 0.6 is 0 Å². The number of carbonyl (C=O) groups excluding carboxylic acids is 1. The van der Waals surface area contributed by atoms with E-state index in [1.807, 2.05) is 30.3 Å². The second kappa shape index (κ2) is 8.33. The number of hydrogen-bond donors (Lipinski definition) is 1. The minimum absolute atomic E-state index is 0.00363. The van der Waals surface area contributed by atoms with Crippen LogP contribution in [0.2, 0.25) is 0 Å². The molecule has 1 saturated heterocycles. The minimum atomic E-state index is -0.473. The van der Waals surface area contributed by atoms with Gasteiger partial charge >= 0.3 is 0 Å². The van der Waals surface area contributed by atoms with Crippen LogP contribution < -0.4 is 10.9 Å². The maximum absolute atomic E-state index is 12.7. The molecule has 2 atom stereocenters. The summed E-state index contributed by atoms with van der Waals surface area (Å²) in [5, 5.41) is 2.88. The zero-order chi connectivity index (χ0) is 19.3. The second-order valence-corrected chi connectivity index (χ2v) is 6.68. The maximum Gasteiger partial charge on any atom is 0.270 e. The number of carbonyl (C=O) groups is 1. The molecule has 28 heavy (non-hydrogen) atoms. The molecule has 3 heterocycles. The Kier molecular flexibility index (Phi) is 5.45. The highest BCUT2D eigenvalue weighted by atomic mass is 16.5. The third-order valence-corrected chi connectivity index (χ3v) is 4.77. The van der Waals surface area contributed by atoms with Crippen LogP contribution in [0.4, 0.5) is 0 Å². The predicted octanol–water partition coefficient (Wildman–Crippen LogP) is 1.80. The lowest BCUT2D eigenvalue weighted by Crippen LogP contribution is -2.51. The normalized spacial score (nSPS) is 19.4. The van der Waals surface area contributed by atoms with E-state index in [1.165, 1.54) is 10.6 Å². The fourth-order valence-corrected chi connectivity index (χ4v) is 3.26. The average Bonchev–Trinajstić information content (AvgIpc) is 2.74. The Hall–Kier alpha value is -3.03. The Labute approximate surface area is 161 Å². The smallest absolute Gasteiger partial charge is 0.270 e. The van der Waals surface area contributed by atoms with Gasteiger partial charge in [0.25, 0.3) is 11.5 Å². The molecule has 1 aromatic carbocycles. The van der Waals surface area contributed by atoms with Gasteiger partial charge in [0.2, 0.25) is 0 Å². The predicted molar refractivity (Wildman–Crippen MR) is 103 cm³/mol. The van der Waals surface area contributed by atoms with Crippen LogP contribution in [-0.2, 0) is 16.1 Å². The number of ether oxygens (including phenoxy) is 2. The van der Waals surface area contributed by atoms with Gasteiger partial charge < -0.3 is 14.8 Å². The molecule has 0 bridgehead atoms. The number of benzene rings is 1. The van der Waals surface area contributed by atoms with E-state index >= 15 is 0 Å². The monoisotopic (exact) mass is 379 g/mol. The van der Waals surface area contributed by atoms with E-state index < -0.39 is 11.5 Å². The molecule has 0 aliphatic carbocycles. The van der Waals surface area contributed by atoms with E-state index in [1.54, 1.807) is 24.4 Å². The van der Waals surface area contributed by atoms with Crippen molar-refractivity contribution >= 4 is 11.6 Å². The lowest BCUT2D eigenvalue weighted by molar-refractivity contribution is -0.0605. The molecule has 3 aromatic rings. The van der Waals surface area contributed by atoms with Crippen LogP contribution in [0.15, 0.2) is 65.7 Å². The zero-order valence-corrected chi connectivity index (χ0v) is 15.3. The van der Waals surface area contributed by atoms with Crippen molar-refractivity contribution in [2.45, 2.75) is 25.2 Å². The standard InChI is InChI=1S/C21H21N3O4/c25-20(16-12-22-19-8-4-5-10-24(19)21(16)26)23-17-14-27-11-9-18(17)28-13-15-6-2-1-3-7-15/h1-8,10,12,17-18H,9,11,13-14H2,(H,23,25)/t17-,18+/m1/s1. The molecule has 0 radical (unpaired) electrons. The van der Waals surface area contributed by atoms with Crippen LogP contribution in [0.3, 0.4) is 0 Å². The number of nitrogens with one attached hydrogen (secondary N) is 1. The fraction of sp³-hybridized carbons (Fsp3) is 0.286. The molecular formula is C21H21N3O4. The number of rotatable bonds is 5. The summed E-state index contributed by atoms with van der Waals surface area (Å²) in [5.74, 6) is -0.473. The number of nitrogens with zero attached hydrogens (tertiary/aromatic N) is 2. The Morgan fingerprint density at radius 1 is 1.21 bits per heavy atom. The van der Waals surface area contributed by atoms with Crippen LogP contribution in [0.5, 0.6) is 0 Å². The minimum Gasteiger partial charge on any atom is -0.379 e. The van der Waals surface area contributed by atoms with E-state index in [0.717, 1.165) is 5.56 Å². The van der Waals surface area contributed by atoms with Crippen molar-refractivity contribution in [3.05, 3.63) is 82.4 Å². The molecule has 4 rings (SSSR count). The first-order valence-electron chi connectivity index (χ1n) is 9.23. The van der Waals surface area contributed by atoms with Crippen molar-refractivity contribution in [3.63, 3.8) is 0 Å². The lowest BCUT2D eigenvalue weighted by atomic mass is 10.1. The maximum atomic E-state index is 12.7. The highest BCUT2D eigenvalue weighted by molar-refractivity contribution is 5.94. The van der Waals surface area contributed by atoms with Gasteiger partial charge in [0, 0.05) is 19.0 Å². The molecule has 7 heteroatoms. The van der Waals surface area contributed by atoms with Gasteiger partial charge in [-0.3, -0.25) is 14.0 Å². The van der Waals surface area contributed by atoms with Crippen molar-refractivity contribution in [3.8, 4) is 0 Å². The quantitative estimate of drug-likeness (QED) is 0.731. The molecule has 1 fully saturated rings. The summed E-state index contributed by atoms with van der Waals surface area (Å²) in [5.41, 5.74) is 1.16. The highest BCUT2D eigenvalue weighted by Crippen LogP contribution is 2.15. The Bertz CT molecular complexity index is 1020. The number of aromatic nitrogens is 2. The zero-order valence-electron chi connectivity index (χ0n) is 15.3. The molecular weight excluding hydrogens is 358 g/mol. The number of amides is 1. The summed E-state index contributed by atoms with van der Waals surface area (Å²) in [6, 6.07) is 14.8. The summed E-state index contributed by atoms with van der Waals surface area (Å²) in [4.78, 5) is 29.5. The van der Waals surface area contributed by atoms with Crippen LogP contribution in [0, 0.1) is 0 Å². The van der Waals surface area contributed by atoms with Gasteiger partial charge in [-0.15, -0.1) is 0 Å². The summed E-state index contributed by atoms with van der Waals surface area (Å²) in [6.07, 6.45) is 3.40. The van der Waals surface area contributed by atoms with E-state index in [9.17, 15) is 9.59 Å². The molecule has 2 aromatic heterocycles. The molecule has 0 unspecified atom stereocenters. The molecule has 1 N–H and O–H groups in total. The first-order chi connectivity index (χ1) is 13.7. The number of hydrogen-bond acceptors (Lipinski definition) is 5. The molecule has 7 nitrogen and oxygen atoms in total. The van der Waals surface area contributed by atoms with Crippen molar-refractivity contribution in [1.29, 1.82) is 0 Å². The number of pyridine rings is 1. The van der Waals surface area contributed by atoms with Crippen molar-refractivity contribution in [1.82, 2.24) is 14.7 Å². The third-order valence-electron chi connectivity index (χ3n) is 4.77. The Morgan fingerprint density at radius 2 is 2.04 bits per heavy atom. The van der Waals surface area contributed by atoms with E-state index in [4.69, 9.17) is 9.47 Å². The topological polar surface area (TPSA) is 81.9 Å². The van der Waals surface area contributed by atoms with Gasteiger partial charge in [-0.2, -0.15) is 0 Å². The summed E-state index contributed by atoms with van der Waals surface area (Å²) in [6.45, 7) is 1.37. The van der Waals surface area contributed by atoms with Crippen molar-refractivity contribution in [2.24, 2.45) is 0 Å². The lowest BCUT2D eigenvalue weighted by Gasteiger charge is -2.32. The summed E-state index contributed by atoms with van der Waals surface area (Å²) in [7, 11) is 0. The van der Waals surface area contributed by atoms with Crippen LogP contribution in [-0.4, -0.2) is 40.7 Å². The summed E-state index contributed by atoms with van der Waals surface area (Å²) >= 11 is 0. The SMILES string of the molecule is O=C(N[C@@H]1COCC[C@@H]1OCc1ccccc1)c1cnc2ccccn2c1=O. The van der Waals surface area contributed by atoms with E-state index in [-0.39, 0.29) is 17.7 Å². The van der Waals surface area contributed by atoms with Crippen LogP contribution in [0.1, 0.15) is 22.3 Å². The van der Waals surface area contributed by atoms with E-state index in [0.29, 0.717) is 31.9 Å².